The smallest absolute Gasteiger partial charge is 0.0503 e. The molecule has 3 heteroatoms. The minimum Gasteiger partial charge on any atom is -0.316 e. The number of nitrogens with one attached hydrogen (secondary N) is 1. The lowest BCUT2D eigenvalue weighted by Gasteiger charge is -2.37. The van der Waals surface area contributed by atoms with Crippen molar-refractivity contribution in [3.05, 3.63) is 0 Å². The first-order chi connectivity index (χ1) is 8.45. The van der Waals surface area contributed by atoms with Gasteiger partial charge in [0.25, 0.3) is 0 Å². The molecule has 18 heavy (non-hydrogen) atoms. The van der Waals surface area contributed by atoms with Gasteiger partial charge < -0.3 is 5.32 Å². The fourth-order valence-corrected chi connectivity index (χ4v) is 5.00. The van der Waals surface area contributed by atoms with E-state index >= 15 is 0 Å². The number of rotatable bonds is 6. The maximum atomic E-state index is 12.5. The third-order valence-electron chi connectivity index (χ3n) is 4.38. The zero-order valence-corrected chi connectivity index (χ0v) is 13.6. The van der Waals surface area contributed by atoms with E-state index in [4.69, 9.17) is 0 Å². The zero-order chi connectivity index (χ0) is 13.7. The molecule has 0 heterocycles. The summed E-state index contributed by atoms with van der Waals surface area (Å²) < 4.78 is 12.5. The molecule has 0 saturated heterocycles. The normalized spacial score (nSPS) is 30.9. The van der Waals surface area contributed by atoms with Crippen molar-refractivity contribution in [3.63, 3.8) is 0 Å². The van der Waals surface area contributed by atoms with Gasteiger partial charge in [0.1, 0.15) is 0 Å². The van der Waals surface area contributed by atoms with Gasteiger partial charge in [0.2, 0.25) is 0 Å². The van der Waals surface area contributed by atoms with Gasteiger partial charge in [0.05, 0.1) is 5.25 Å². The minimum absolute atomic E-state index is 0.370. The van der Waals surface area contributed by atoms with E-state index < -0.39 is 10.8 Å². The van der Waals surface area contributed by atoms with Gasteiger partial charge in [-0.3, -0.25) is 4.21 Å². The first-order valence-electron chi connectivity index (χ1n) is 7.50. The lowest BCUT2D eigenvalue weighted by molar-refractivity contribution is 0.249. The molecule has 108 valence electrons. The van der Waals surface area contributed by atoms with Crippen LogP contribution in [0, 0.1) is 17.8 Å². The number of hydrogen-bond acceptors (Lipinski definition) is 2. The Morgan fingerprint density at radius 1 is 1.22 bits per heavy atom. The average molecular weight is 273 g/mol. The van der Waals surface area contributed by atoms with E-state index in [0.29, 0.717) is 17.2 Å². The van der Waals surface area contributed by atoms with E-state index in [9.17, 15) is 4.21 Å². The predicted octanol–water partition coefficient (Wildman–Crippen LogP) is 3.19. The summed E-state index contributed by atoms with van der Waals surface area (Å²) >= 11 is 0. The van der Waals surface area contributed by atoms with E-state index in [0.717, 1.165) is 30.4 Å². The summed E-state index contributed by atoms with van der Waals surface area (Å²) in [5.74, 6) is 3.03. The Labute approximate surface area is 116 Å². The molecule has 1 aliphatic rings. The summed E-state index contributed by atoms with van der Waals surface area (Å²) in [5.41, 5.74) is 0. The molecule has 0 amide bonds. The molecule has 0 aromatic carbocycles. The second-order valence-electron chi connectivity index (χ2n) is 6.52. The molecule has 0 bridgehead atoms. The van der Waals surface area contributed by atoms with Crippen LogP contribution in [0.2, 0.25) is 0 Å². The molecule has 1 saturated carbocycles. The fraction of sp³-hybridized carbons (Fsp3) is 1.00. The van der Waals surface area contributed by atoms with Crippen molar-refractivity contribution in [2.24, 2.45) is 17.8 Å². The van der Waals surface area contributed by atoms with Crippen LogP contribution < -0.4 is 5.32 Å². The van der Waals surface area contributed by atoms with E-state index in [1.165, 1.54) is 12.8 Å². The maximum absolute atomic E-state index is 12.5. The molecule has 0 aromatic heterocycles. The van der Waals surface area contributed by atoms with Crippen molar-refractivity contribution >= 4 is 10.8 Å². The topological polar surface area (TPSA) is 29.1 Å². The summed E-state index contributed by atoms with van der Waals surface area (Å²) in [6.45, 7) is 9.03. The minimum atomic E-state index is -0.657. The molecule has 0 spiro atoms. The second kappa shape index (κ2) is 7.64. The summed E-state index contributed by atoms with van der Waals surface area (Å²) in [4.78, 5) is 0. The van der Waals surface area contributed by atoms with Gasteiger partial charge in [-0.25, -0.2) is 0 Å². The van der Waals surface area contributed by atoms with Crippen LogP contribution in [0.1, 0.15) is 53.4 Å². The van der Waals surface area contributed by atoms with E-state index in [-0.39, 0.29) is 0 Å². The maximum Gasteiger partial charge on any atom is 0.0503 e. The molecule has 1 N–H and O–H groups in total. The van der Waals surface area contributed by atoms with Crippen molar-refractivity contribution in [1.82, 2.24) is 5.32 Å². The molecule has 2 nitrogen and oxygen atoms in total. The van der Waals surface area contributed by atoms with Gasteiger partial charge in [-0.15, -0.1) is 0 Å². The van der Waals surface area contributed by atoms with Gasteiger partial charge in [-0.2, -0.15) is 0 Å². The van der Waals surface area contributed by atoms with Crippen molar-refractivity contribution in [2.75, 3.05) is 12.8 Å². The summed E-state index contributed by atoms with van der Waals surface area (Å²) in [7, 11) is 1.36. The summed E-state index contributed by atoms with van der Waals surface area (Å²) in [5, 5.41) is 3.76. The van der Waals surface area contributed by atoms with Crippen LogP contribution in [0.5, 0.6) is 0 Å². The molecular weight excluding hydrogens is 242 g/mol. The Bertz CT molecular complexity index is 265. The average Bonchev–Trinajstić information content (AvgIpc) is 2.34. The van der Waals surface area contributed by atoms with Crippen molar-refractivity contribution in [1.29, 1.82) is 0 Å². The Kier molecular flexibility index (Phi) is 6.86. The Balaban J connectivity index is 2.59. The van der Waals surface area contributed by atoms with Crippen LogP contribution in [0.4, 0.5) is 0 Å². The summed E-state index contributed by atoms with van der Waals surface area (Å²) in [6.07, 6.45) is 4.72. The van der Waals surface area contributed by atoms with Gasteiger partial charge in [0.15, 0.2) is 0 Å². The van der Waals surface area contributed by atoms with Gasteiger partial charge >= 0.3 is 0 Å². The Morgan fingerprint density at radius 2 is 1.89 bits per heavy atom. The molecule has 1 aliphatic carbocycles. The third-order valence-corrected chi connectivity index (χ3v) is 6.21. The van der Waals surface area contributed by atoms with Crippen LogP contribution in [-0.2, 0) is 10.8 Å². The number of hydrogen-bond donors (Lipinski definition) is 1. The highest BCUT2D eigenvalue weighted by atomic mass is 32.2. The van der Waals surface area contributed by atoms with Gasteiger partial charge in [0, 0.05) is 22.6 Å². The lowest BCUT2D eigenvalue weighted by atomic mass is 9.79. The highest BCUT2D eigenvalue weighted by Crippen LogP contribution is 2.33. The quantitative estimate of drug-likeness (QED) is 0.805. The monoisotopic (exact) mass is 273 g/mol. The molecular formula is C15H31NOS. The van der Waals surface area contributed by atoms with Crippen LogP contribution in [-0.4, -0.2) is 28.3 Å². The van der Waals surface area contributed by atoms with E-state index in [1.54, 1.807) is 0 Å². The zero-order valence-electron chi connectivity index (χ0n) is 12.7. The largest absolute Gasteiger partial charge is 0.316 e. The van der Waals surface area contributed by atoms with Gasteiger partial charge in [-0.05, 0) is 50.5 Å². The SMILES string of the molecule is CNC1CCC(C(C)C)CC1S(=O)CCC(C)C. The van der Waals surface area contributed by atoms with Crippen LogP contribution in [0.25, 0.3) is 0 Å². The first-order valence-corrected chi connectivity index (χ1v) is 8.88. The molecule has 0 aromatic rings. The lowest BCUT2D eigenvalue weighted by Crippen LogP contribution is -2.46. The van der Waals surface area contributed by atoms with Crippen molar-refractivity contribution in [2.45, 2.75) is 64.7 Å². The molecule has 4 unspecified atom stereocenters. The van der Waals surface area contributed by atoms with Crippen LogP contribution >= 0.6 is 0 Å². The molecule has 0 radical (unpaired) electrons. The van der Waals surface area contributed by atoms with E-state index in [1.807, 2.05) is 7.05 Å². The standard InChI is InChI=1S/C15H31NOS/c1-11(2)8-9-18(17)15-10-13(12(3)4)6-7-14(15)16-5/h11-16H,6-10H2,1-5H3. The Hall–Kier alpha value is 0.110. The van der Waals surface area contributed by atoms with Gasteiger partial charge in [-0.1, -0.05) is 27.7 Å². The van der Waals surface area contributed by atoms with Crippen molar-refractivity contribution < 1.29 is 4.21 Å². The molecule has 1 rings (SSSR count). The summed E-state index contributed by atoms with van der Waals surface area (Å²) in [6, 6.07) is 0.466. The third kappa shape index (κ3) is 4.65. The second-order valence-corrected chi connectivity index (χ2v) is 8.29. The van der Waals surface area contributed by atoms with Crippen LogP contribution in [0.15, 0.2) is 0 Å². The van der Waals surface area contributed by atoms with E-state index in [2.05, 4.69) is 33.0 Å². The van der Waals surface area contributed by atoms with Crippen molar-refractivity contribution in [3.8, 4) is 0 Å². The highest BCUT2D eigenvalue weighted by Gasteiger charge is 2.34. The molecule has 0 aliphatic heterocycles. The van der Waals surface area contributed by atoms with Crippen LogP contribution in [0.3, 0.4) is 0 Å². The highest BCUT2D eigenvalue weighted by molar-refractivity contribution is 7.85. The Morgan fingerprint density at radius 3 is 2.39 bits per heavy atom. The molecule has 1 fully saturated rings. The predicted molar refractivity (Wildman–Crippen MR) is 81.3 cm³/mol. The molecule has 4 atom stereocenters. The first kappa shape index (κ1) is 16.2. The fourth-order valence-electron chi connectivity index (χ4n) is 2.89.